The summed E-state index contributed by atoms with van der Waals surface area (Å²) in [6, 6.07) is 7.99. The Morgan fingerprint density at radius 3 is 2.89 bits per heavy atom. The minimum atomic E-state index is -0.419. The van der Waals surface area contributed by atoms with E-state index in [-0.39, 0.29) is 11.9 Å². The largest absolute Gasteiger partial charge is 0.344 e. The lowest BCUT2D eigenvalue weighted by Gasteiger charge is -2.16. The van der Waals surface area contributed by atoms with E-state index in [1.165, 1.54) is 18.2 Å². The molecule has 1 aromatic heterocycles. The van der Waals surface area contributed by atoms with Crippen LogP contribution in [-0.2, 0) is 0 Å². The van der Waals surface area contributed by atoms with Crippen LogP contribution in [0.5, 0.6) is 0 Å². The van der Waals surface area contributed by atoms with Gasteiger partial charge in [-0.1, -0.05) is 13.0 Å². The lowest BCUT2D eigenvalue weighted by Crippen LogP contribution is -2.28. The zero-order valence-electron chi connectivity index (χ0n) is 10.3. The van der Waals surface area contributed by atoms with Crippen LogP contribution in [0.4, 0.5) is 4.39 Å². The van der Waals surface area contributed by atoms with E-state index >= 15 is 0 Å². The van der Waals surface area contributed by atoms with Gasteiger partial charge < -0.3 is 5.32 Å². The molecule has 5 heteroatoms. The number of carbonyl (C=O) groups is 1. The van der Waals surface area contributed by atoms with Gasteiger partial charge in [0.15, 0.2) is 0 Å². The normalized spacial score (nSPS) is 12.2. The predicted octanol–water partition coefficient (Wildman–Crippen LogP) is 4.53. The first-order valence-electron chi connectivity index (χ1n) is 5.91. The van der Waals surface area contributed by atoms with Crippen molar-refractivity contribution < 1.29 is 9.18 Å². The minimum absolute atomic E-state index is 0.0392. The van der Waals surface area contributed by atoms with Gasteiger partial charge in [-0.05, 0) is 52.0 Å². The molecule has 0 radical (unpaired) electrons. The lowest BCUT2D eigenvalue weighted by molar-refractivity contribution is 0.0935. The Morgan fingerprint density at radius 1 is 1.47 bits per heavy atom. The van der Waals surface area contributed by atoms with Crippen molar-refractivity contribution in [1.82, 2.24) is 5.32 Å². The highest BCUT2D eigenvalue weighted by Gasteiger charge is 2.17. The maximum atomic E-state index is 13.2. The van der Waals surface area contributed by atoms with Gasteiger partial charge in [0, 0.05) is 9.35 Å². The highest BCUT2D eigenvalue weighted by molar-refractivity contribution is 9.10. The van der Waals surface area contributed by atoms with Gasteiger partial charge in [0.05, 0.1) is 11.6 Å². The van der Waals surface area contributed by atoms with Crippen molar-refractivity contribution in [3.8, 4) is 0 Å². The molecule has 1 aromatic carbocycles. The van der Waals surface area contributed by atoms with Crippen LogP contribution in [0, 0.1) is 5.82 Å². The fraction of sp³-hybridized carbons (Fsp3) is 0.214. The van der Waals surface area contributed by atoms with E-state index in [0.29, 0.717) is 10.0 Å². The van der Waals surface area contributed by atoms with Crippen LogP contribution < -0.4 is 5.32 Å². The van der Waals surface area contributed by atoms with Crippen molar-refractivity contribution in [3.63, 3.8) is 0 Å². The van der Waals surface area contributed by atoms with Crippen LogP contribution in [0.15, 0.2) is 40.2 Å². The molecule has 1 atom stereocenters. The topological polar surface area (TPSA) is 29.1 Å². The highest BCUT2D eigenvalue weighted by Crippen LogP contribution is 2.24. The summed E-state index contributed by atoms with van der Waals surface area (Å²) >= 11 is 4.87. The monoisotopic (exact) mass is 341 g/mol. The van der Waals surface area contributed by atoms with E-state index in [1.807, 2.05) is 24.4 Å². The van der Waals surface area contributed by atoms with E-state index in [4.69, 9.17) is 0 Å². The molecule has 0 saturated heterocycles. The van der Waals surface area contributed by atoms with E-state index in [1.54, 1.807) is 11.3 Å². The van der Waals surface area contributed by atoms with Crippen LogP contribution in [0.1, 0.15) is 34.6 Å². The zero-order chi connectivity index (χ0) is 13.8. The number of hydrogen-bond donors (Lipinski definition) is 1. The molecular weight excluding hydrogens is 329 g/mol. The second kappa shape index (κ2) is 6.30. The number of benzene rings is 1. The summed E-state index contributed by atoms with van der Waals surface area (Å²) in [5.41, 5.74) is 0.315. The van der Waals surface area contributed by atoms with Crippen molar-refractivity contribution in [3.05, 3.63) is 56.4 Å². The third kappa shape index (κ3) is 3.42. The smallest absolute Gasteiger partial charge is 0.253 e. The van der Waals surface area contributed by atoms with Gasteiger partial charge in [0.1, 0.15) is 5.82 Å². The Kier molecular flexibility index (Phi) is 4.71. The summed E-state index contributed by atoms with van der Waals surface area (Å²) in [5.74, 6) is -0.691. The number of carbonyl (C=O) groups excluding carboxylic acids is 1. The van der Waals surface area contributed by atoms with Crippen LogP contribution in [0.2, 0.25) is 0 Å². The fourth-order valence-electron chi connectivity index (χ4n) is 1.77. The fourth-order valence-corrected chi connectivity index (χ4v) is 3.06. The average molecular weight is 342 g/mol. The lowest BCUT2D eigenvalue weighted by atomic mass is 10.1. The van der Waals surface area contributed by atoms with Crippen molar-refractivity contribution >= 4 is 33.2 Å². The molecule has 1 amide bonds. The quantitative estimate of drug-likeness (QED) is 0.869. The molecular formula is C14H13BrFNOS. The van der Waals surface area contributed by atoms with E-state index in [0.717, 1.165) is 11.3 Å². The van der Waals surface area contributed by atoms with Gasteiger partial charge in [-0.25, -0.2) is 4.39 Å². The molecule has 0 spiro atoms. The molecule has 0 aliphatic rings. The molecule has 2 nitrogen and oxygen atoms in total. The molecule has 0 saturated carbocycles. The standard InChI is InChI=1S/C14H13BrFNOS/c1-2-12(13-4-3-7-19-13)17-14(18)10-8-9(16)5-6-11(10)15/h3-8,12H,2H2,1H3,(H,17,18). The second-order valence-electron chi connectivity index (χ2n) is 4.07. The van der Waals surface area contributed by atoms with Crippen molar-refractivity contribution in [2.45, 2.75) is 19.4 Å². The third-order valence-electron chi connectivity index (χ3n) is 2.77. The van der Waals surface area contributed by atoms with Gasteiger partial charge in [-0.2, -0.15) is 0 Å². The SMILES string of the molecule is CCC(NC(=O)c1cc(F)ccc1Br)c1cccs1. The van der Waals surface area contributed by atoms with Crippen LogP contribution in [-0.4, -0.2) is 5.91 Å². The molecule has 0 bridgehead atoms. The number of amides is 1. The molecule has 0 aliphatic carbocycles. The molecule has 1 heterocycles. The summed E-state index contributed by atoms with van der Waals surface area (Å²) < 4.78 is 13.8. The Labute approximate surface area is 123 Å². The zero-order valence-corrected chi connectivity index (χ0v) is 12.7. The van der Waals surface area contributed by atoms with Gasteiger partial charge >= 0.3 is 0 Å². The van der Waals surface area contributed by atoms with Crippen molar-refractivity contribution in [2.24, 2.45) is 0 Å². The molecule has 0 fully saturated rings. The van der Waals surface area contributed by atoms with E-state index in [9.17, 15) is 9.18 Å². The Balaban J connectivity index is 2.18. The Bertz CT molecular complexity index is 571. The van der Waals surface area contributed by atoms with Crippen molar-refractivity contribution in [1.29, 1.82) is 0 Å². The summed E-state index contributed by atoms with van der Waals surface area (Å²) in [4.78, 5) is 13.3. The maximum Gasteiger partial charge on any atom is 0.253 e. The molecule has 1 N–H and O–H groups in total. The first-order chi connectivity index (χ1) is 9.11. The van der Waals surface area contributed by atoms with E-state index in [2.05, 4.69) is 21.2 Å². The number of halogens is 2. The Morgan fingerprint density at radius 2 is 2.26 bits per heavy atom. The van der Waals surface area contributed by atoms with Crippen LogP contribution >= 0.6 is 27.3 Å². The van der Waals surface area contributed by atoms with Crippen molar-refractivity contribution in [2.75, 3.05) is 0 Å². The summed E-state index contributed by atoms with van der Waals surface area (Å²) in [7, 11) is 0. The van der Waals surface area contributed by atoms with Gasteiger partial charge in [0.2, 0.25) is 0 Å². The van der Waals surface area contributed by atoms with Crippen LogP contribution in [0.3, 0.4) is 0 Å². The van der Waals surface area contributed by atoms with Gasteiger partial charge in [-0.15, -0.1) is 11.3 Å². The van der Waals surface area contributed by atoms with E-state index < -0.39 is 5.82 Å². The molecule has 19 heavy (non-hydrogen) atoms. The molecule has 1 unspecified atom stereocenters. The highest BCUT2D eigenvalue weighted by atomic mass is 79.9. The first kappa shape index (κ1) is 14.2. The summed E-state index contributed by atoms with van der Waals surface area (Å²) in [6.07, 6.45) is 0.791. The molecule has 0 aliphatic heterocycles. The molecule has 100 valence electrons. The molecule has 2 aromatic rings. The van der Waals surface area contributed by atoms with Gasteiger partial charge in [0.25, 0.3) is 5.91 Å². The number of rotatable bonds is 4. The Hall–Kier alpha value is -1.20. The minimum Gasteiger partial charge on any atom is -0.344 e. The average Bonchev–Trinajstić information content (AvgIpc) is 2.92. The predicted molar refractivity (Wildman–Crippen MR) is 78.9 cm³/mol. The molecule has 2 rings (SSSR count). The first-order valence-corrected chi connectivity index (χ1v) is 7.58. The maximum absolute atomic E-state index is 13.2. The summed E-state index contributed by atoms with van der Waals surface area (Å²) in [5, 5.41) is 4.90. The number of nitrogens with one attached hydrogen (secondary N) is 1. The second-order valence-corrected chi connectivity index (χ2v) is 5.91. The van der Waals surface area contributed by atoms with Crippen LogP contribution in [0.25, 0.3) is 0 Å². The van der Waals surface area contributed by atoms with Gasteiger partial charge in [-0.3, -0.25) is 4.79 Å². The number of thiophene rings is 1. The summed E-state index contributed by atoms with van der Waals surface area (Å²) in [6.45, 7) is 2.01. The number of hydrogen-bond acceptors (Lipinski definition) is 2. The third-order valence-corrected chi connectivity index (χ3v) is 4.45.